The van der Waals surface area contributed by atoms with Gasteiger partial charge >= 0.3 is 23.9 Å². The Balaban J connectivity index is 1.28. The van der Waals surface area contributed by atoms with Crippen molar-refractivity contribution in [2.75, 3.05) is 13.2 Å². The minimum absolute atomic E-state index is 0.0289. The maximum absolute atomic E-state index is 13.7. The molecule has 0 radical (unpaired) electrons. The molecule has 0 aliphatic carbocycles. The zero-order valence-electron chi connectivity index (χ0n) is 27.6. The molecule has 0 bridgehead atoms. The first kappa shape index (κ1) is 36.2. The molecule has 1 aliphatic rings. The summed E-state index contributed by atoms with van der Waals surface area (Å²) in [4.78, 5) is 48.9. The van der Waals surface area contributed by atoms with Crippen molar-refractivity contribution in [2.24, 2.45) is 0 Å². The summed E-state index contributed by atoms with van der Waals surface area (Å²) in [5.41, 5.74) is 2.45. The van der Waals surface area contributed by atoms with Gasteiger partial charge in [0, 0.05) is 43.2 Å². The van der Waals surface area contributed by atoms with Crippen LogP contribution in [0.4, 0.5) is 0 Å². The van der Waals surface area contributed by atoms with E-state index in [1.54, 1.807) is 42.6 Å². The fourth-order valence-corrected chi connectivity index (χ4v) is 7.70. The monoisotopic (exact) mass is 803 g/mol. The van der Waals surface area contributed by atoms with Crippen molar-refractivity contribution in [3.05, 3.63) is 75.7 Å². The van der Waals surface area contributed by atoms with Crippen LogP contribution in [-0.2, 0) is 49.8 Å². The number of halogens is 2. The Kier molecular flexibility index (Phi) is 10.3. The number of aromatic nitrogens is 5. The van der Waals surface area contributed by atoms with Gasteiger partial charge in [0.05, 0.1) is 23.3 Å². The van der Waals surface area contributed by atoms with E-state index in [2.05, 4.69) is 30.9 Å². The second-order valence-corrected chi connectivity index (χ2v) is 14.8. The van der Waals surface area contributed by atoms with Crippen molar-refractivity contribution < 1.29 is 46.5 Å². The number of hydrogen-bond acceptors (Lipinski definition) is 13. The van der Waals surface area contributed by atoms with E-state index in [4.69, 9.17) is 35.3 Å². The van der Waals surface area contributed by atoms with Crippen molar-refractivity contribution in [2.45, 2.75) is 63.6 Å². The number of ether oxygens (including phenoxy) is 5. The molecular formula is C33H31BrClN5O10S. The minimum atomic E-state index is -3.91. The van der Waals surface area contributed by atoms with Crippen molar-refractivity contribution in [1.82, 2.24) is 23.5 Å². The summed E-state index contributed by atoms with van der Waals surface area (Å²) in [5, 5.41) is 0.658. The highest BCUT2D eigenvalue weighted by molar-refractivity contribution is 9.10. The van der Waals surface area contributed by atoms with Crippen molar-refractivity contribution in [3.8, 4) is 6.01 Å². The van der Waals surface area contributed by atoms with Gasteiger partial charge in [0.2, 0.25) is 0 Å². The zero-order valence-corrected chi connectivity index (χ0v) is 30.8. The lowest BCUT2D eigenvalue weighted by molar-refractivity contribution is -0.166. The third-order valence-electron chi connectivity index (χ3n) is 7.97. The standard InChI is InChI=1S/C33H31BrClN5O10S/c1-17-5-8-23(9-6-17)51(44,45)40-14-21(24-13-22(34)7-10-25(24)40)11-12-46-33-37-30(35)27-31(38-33)39(16-36-27)32-29(49-20(4)43)28(48-19(3)42)26(50-32)15-47-18(2)41/h5-10,13-14,16,26,28-29,32H,11-12,15H2,1-4H3/t26-,28-,29-,32-/m1/s1. The first-order valence-electron chi connectivity index (χ1n) is 15.5. The fraction of sp³-hybridized carbons (Fsp3) is 0.333. The van der Waals surface area contributed by atoms with Crippen LogP contribution in [0, 0.1) is 6.92 Å². The van der Waals surface area contributed by atoms with Gasteiger partial charge in [0.15, 0.2) is 29.2 Å². The van der Waals surface area contributed by atoms with Crippen molar-refractivity contribution >= 4 is 77.5 Å². The van der Waals surface area contributed by atoms with Gasteiger partial charge in [-0.25, -0.2) is 17.4 Å². The molecular weight excluding hydrogens is 774 g/mol. The molecule has 1 saturated heterocycles. The molecule has 0 amide bonds. The molecule has 268 valence electrons. The number of carbonyl (C=O) groups excluding carboxylic acids is 3. The Morgan fingerprint density at radius 3 is 2.37 bits per heavy atom. The number of nitrogens with zero attached hydrogens (tertiary/aromatic N) is 5. The Morgan fingerprint density at radius 2 is 1.69 bits per heavy atom. The van der Waals surface area contributed by atoms with Crippen molar-refractivity contribution in [3.63, 3.8) is 0 Å². The number of fused-ring (bicyclic) bond motifs is 2. The quantitative estimate of drug-likeness (QED) is 0.102. The van der Waals surface area contributed by atoms with E-state index in [9.17, 15) is 22.8 Å². The normalized spacial score (nSPS) is 18.9. The van der Waals surface area contributed by atoms with Crippen molar-refractivity contribution in [1.29, 1.82) is 0 Å². The molecule has 6 rings (SSSR count). The van der Waals surface area contributed by atoms with E-state index in [0.717, 1.165) is 10.0 Å². The number of carbonyl (C=O) groups is 3. The largest absolute Gasteiger partial charge is 0.463 e. The van der Waals surface area contributed by atoms with E-state index in [1.165, 1.54) is 35.6 Å². The zero-order chi connectivity index (χ0) is 36.6. The summed E-state index contributed by atoms with van der Waals surface area (Å²) in [5.74, 6) is -1.94. The number of aryl methyl sites for hydroxylation is 1. The van der Waals surface area contributed by atoms with Crippen LogP contribution in [0.5, 0.6) is 6.01 Å². The summed E-state index contributed by atoms with van der Waals surface area (Å²) in [6, 6.07) is 11.8. The van der Waals surface area contributed by atoms with Gasteiger partial charge in [-0.1, -0.05) is 45.2 Å². The van der Waals surface area contributed by atoms with E-state index in [0.29, 0.717) is 16.5 Å². The van der Waals surface area contributed by atoms with Gasteiger partial charge in [0.1, 0.15) is 18.2 Å². The van der Waals surface area contributed by atoms with Gasteiger partial charge in [0.25, 0.3) is 10.0 Å². The van der Waals surface area contributed by atoms with E-state index in [-0.39, 0.29) is 46.9 Å². The molecule has 2 aromatic carbocycles. The lowest BCUT2D eigenvalue weighted by Gasteiger charge is -2.23. The Morgan fingerprint density at radius 1 is 0.980 bits per heavy atom. The molecule has 0 spiro atoms. The lowest BCUT2D eigenvalue weighted by atomic mass is 10.1. The van der Waals surface area contributed by atoms with E-state index in [1.807, 2.05) is 13.0 Å². The highest BCUT2D eigenvalue weighted by atomic mass is 79.9. The predicted molar refractivity (Wildman–Crippen MR) is 185 cm³/mol. The SMILES string of the molecule is CC(=O)OC[C@H]1O[C@@H](n2cnc3c(Cl)nc(OCCc4cn(S(=O)(=O)c5ccc(C)cc5)c5ccc(Br)cc45)nc32)[C@H](OC(C)=O)[C@@H]1OC(C)=O. The minimum Gasteiger partial charge on any atom is -0.463 e. The average molecular weight is 805 g/mol. The van der Waals surface area contributed by atoms with Crippen LogP contribution in [0.1, 0.15) is 38.1 Å². The summed E-state index contributed by atoms with van der Waals surface area (Å²) in [6.07, 6.45) is -1.29. The second kappa shape index (κ2) is 14.6. The highest BCUT2D eigenvalue weighted by Gasteiger charge is 2.51. The van der Waals surface area contributed by atoms with Gasteiger partial charge in [-0.3, -0.25) is 19.0 Å². The molecule has 15 nitrogen and oxygen atoms in total. The summed E-state index contributed by atoms with van der Waals surface area (Å²) < 4.78 is 58.9. The molecule has 1 aliphatic heterocycles. The number of rotatable bonds is 11. The van der Waals surface area contributed by atoms with Gasteiger partial charge in [-0.2, -0.15) is 9.97 Å². The molecule has 4 atom stereocenters. The van der Waals surface area contributed by atoms with Gasteiger partial charge in [-0.05, 0) is 42.8 Å². The van der Waals surface area contributed by atoms with E-state index < -0.39 is 52.5 Å². The van der Waals surface area contributed by atoms with Crippen LogP contribution in [0.3, 0.4) is 0 Å². The topological polar surface area (TPSA) is 180 Å². The smallest absolute Gasteiger partial charge is 0.319 e. The molecule has 0 N–H and O–H groups in total. The molecule has 0 saturated carbocycles. The maximum atomic E-state index is 13.7. The summed E-state index contributed by atoms with van der Waals surface area (Å²) in [6.45, 7) is 5.20. The Hall–Kier alpha value is -4.58. The first-order valence-corrected chi connectivity index (χ1v) is 18.1. The first-order chi connectivity index (χ1) is 24.2. The molecule has 5 aromatic rings. The Bertz CT molecular complexity index is 2260. The number of imidazole rings is 1. The third kappa shape index (κ3) is 7.56. The maximum Gasteiger partial charge on any atom is 0.319 e. The fourth-order valence-electron chi connectivity index (χ4n) is 5.74. The molecule has 51 heavy (non-hydrogen) atoms. The molecule has 3 aromatic heterocycles. The molecule has 0 unspecified atom stereocenters. The van der Waals surface area contributed by atoms with Crippen LogP contribution in [0.25, 0.3) is 22.1 Å². The third-order valence-corrected chi connectivity index (χ3v) is 10.4. The molecule has 4 heterocycles. The van der Waals surface area contributed by atoms with E-state index >= 15 is 0 Å². The molecule has 1 fully saturated rings. The lowest BCUT2D eigenvalue weighted by Crippen LogP contribution is -2.40. The van der Waals surface area contributed by atoms with Crippen LogP contribution in [0.15, 0.2) is 64.4 Å². The van der Waals surface area contributed by atoms with Gasteiger partial charge in [-0.15, -0.1) is 0 Å². The van der Waals surface area contributed by atoms with Crippen LogP contribution in [0.2, 0.25) is 5.15 Å². The summed E-state index contributed by atoms with van der Waals surface area (Å²) in [7, 11) is -3.91. The number of hydrogen-bond donors (Lipinski definition) is 0. The summed E-state index contributed by atoms with van der Waals surface area (Å²) >= 11 is 9.97. The Labute approximate surface area is 304 Å². The number of esters is 3. The van der Waals surface area contributed by atoms with Crippen LogP contribution >= 0.6 is 27.5 Å². The highest BCUT2D eigenvalue weighted by Crippen LogP contribution is 2.37. The van der Waals surface area contributed by atoms with Gasteiger partial charge < -0.3 is 23.7 Å². The predicted octanol–water partition coefficient (Wildman–Crippen LogP) is 4.69. The number of benzene rings is 2. The van der Waals surface area contributed by atoms with Crippen LogP contribution in [-0.4, -0.2) is 81.3 Å². The second-order valence-electron chi connectivity index (χ2n) is 11.7. The average Bonchev–Trinajstić information content (AvgIpc) is 3.74. The molecule has 18 heteroatoms. The van der Waals surface area contributed by atoms with Crippen LogP contribution < -0.4 is 4.74 Å².